The van der Waals surface area contributed by atoms with E-state index in [9.17, 15) is 4.79 Å². The van der Waals surface area contributed by atoms with Gasteiger partial charge in [0.15, 0.2) is 0 Å². The van der Waals surface area contributed by atoms with Crippen LogP contribution in [0.2, 0.25) is 5.02 Å². The lowest BCUT2D eigenvalue weighted by Gasteiger charge is -2.08. The quantitative estimate of drug-likeness (QED) is 0.781. The number of fused-ring (bicyclic) bond motifs is 1. The molecule has 0 spiro atoms. The van der Waals surface area contributed by atoms with E-state index in [2.05, 4.69) is 10.3 Å². The Balaban J connectivity index is 2.04. The van der Waals surface area contributed by atoms with Gasteiger partial charge in [-0.2, -0.15) is 0 Å². The van der Waals surface area contributed by atoms with Crippen molar-refractivity contribution in [3.05, 3.63) is 64.6 Å². The van der Waals surface area contributed by atoms with Crippen LogP contribution >= 0.6 is 11.6 Å². The first-order valence-corrected chi connectivity index (χ1v) is 6.95. The number of para-hydroxylation sites is 1. The van der Waals surface area contributed by atoms with E-state index in [0.717, 1.165) is 11.2 Å². The molecule has 3 aromatic rings. The zero-order valence-corrected chi connectivity index (χ0v) is 12.5. The van der Waals surface area contributed by atoms with Crippen LogP contribution in [0.15, 0.2) is 42.6 Å². The Morgan fingerprint density at radius 3 is 2.71 bits per heavy atom. The average molecular weight is 300 g/mol. The van der Waals surface area contributed by atoms with Crippen LogP contribution in [0.5, 0.6) is 0 Å². The monoisotopic (exact) mass is 299 g/mol. The van der Waals surface area contributed by atoms with E-state index in [0.29, 0.717) is 22.1 Å². The van der Waals surface area contributed by atoms with Crippen LogP contribution in [-0.2, 0) is 0 Å². The molecule has 4 nitrogen and oxygen atoms in total. The SMILES string of the molecule is Cc1ccc2nc(C)c(C(=O)Nc3ccccc3Cl)n2c1. The van der Waals surface area contributed by atoms with Gasteiger partial charge in [0.25, 0.3) is 5.91 Å². The third-order valence-corrected chi connectivity index (χ3v) is 3.61. The van der Waals surface area contributed by atoms with Crippen molar-refractivity contribution in [2.24, 2.45) is 0 Å². The Morgan fingerprint density at radius 1 is 1.19 bits per heavy atom. The second-order valence-electron chi connectivity index (χ2n) is 4.91. The maximum atomic E-state index is 12.5. The molecule has 21 heavy (non-hydrogen) atoms. The second kappa shape index (κ2) is 5.22. The number of pyridine rings is 1. The number of carbonyl (C=O) groups excluding carboxylic acids is 1. The van der Waals surface area contributed by atoms with Gasteiger partial charge in [-0.25, -0.2) is 4.98 Å². The van der Waals surface area contributed by atoms with Crippen molar-refractivity contribution in [2.75, 3.05) is 5.32 Å². The molecule has 0 fully saturated rings. The van der Waals surface area contributed by atoms with Crippen molar-refractivity contribution in [3.63, 3.8) is 0 Å². The van der Waals surface area contributed by atoms with Gasteiger partial charge in [0, 0.05) is 6.20 Å². The van der Waals surface area contributed by atoms with Crippen molar-refractivity contribution >= 4 is 28.8 Å². The number of benzene rings is 1. The van der Waals surface area contributed by atoms with E-state index in [4.69, 9.17) is 11.6 Å². The lowest BCUT2D eigenvalue weighted by atomic mass is 10.2. The Kier molecular flexibility index (Phi) is 3.39. The number of amides is 1. The van der Waals surface area contributed by atoms with Gasteiger partial charge < -0.3 is 5.32 Å². The van der Waals surface area contributed by atoms with Crippen LogP contribution in [0.4, 0.5) is 5.69 Å². The summed E-state index contributed by atoms with van der Waals surface area (Å²) in [6.07, 6.45) is 1.90. The number of aromatic nitrogens is 2. The number of aryl methyl sites for hydroxylation is 2. The molecule has 0 saturated heterocycles. The van der Waals surface area contributed by atoms with Crippen molar-refractivity contribution < 1.29 is 4.79 Å². The fraction of sp³-hybridized carbons (Fsp3) is 0.125. The molecule has 5 heteroatoms. The lowest BCUT2D eigenvalue weighted by molar-refractivity contribution is 0.102. The van der Waals surface area contributed by atoms with Gasteiger partial charge in [0.2, 0.25) is 0 Å². The Bertz CT molecular complexity index is 839. The van der Waals surface area contributed by atoms with E-state index in [1.54, 1.807) is 16.5 Å². The summed E-state index contributed by atoms with van der Waals surface area (Å²) in [5.41, 5.74) is 3.61. The van der Waals surface area contributed by atoms with Crippen LogP contribution < -0.4 is 5.32 Å². The minimum atomic E-state index is -0.223. The van der Waals surface area contributed by atoms with E-state index >= 15 is 0 Å². The summed E-state index contributed by atoms with van der Waals surface area (Å²) in [4.78, 5) is 17.0. The van der Waals surface area contributed by atoms with Gasteiger partial charge in [-0.05, 0) is 37.6 Å². The summed E-state index contributed by atoms with van der Waals surface area (Å²) in [6.45, 7) is 3.80. The predicted octanol–water partition coefficient (Wildman–Crippen LogP) is 3.86. The first kappa shape index (κ1) is 13.6. The summed E-state index contributed by atoms with van der Waals surface area (Å²) < 4.78 is 1.80. The van der Waals surface area contributed by atoms with Gasteiger partial charge in [-0.1, -0.05) is 29.8 Å². The van der Waals surface area contributed by atoms with E-state index in [1.807, 2.05) is 44.3 Å². The number of hydrogen-bond donors (Lipinski definition) is 1. The standard InChI is InChI=1S/C16H14ClN3O/c1-10-7-8-14-18-11(2)15(20(14)9-10)16(21)19-13-6-4-3-5-12(13)17/h3-9H,1-2H3,(H,19,21). The molecule has 0 saturated carbocycles. The molecule has 1 amide bonds. The number of nitrogens with zero attached hydrogens (tertiary/aromatic N) is 2. The van der Waals surface area contributed by atoms with Gasteiger partial charge in [0.05, 0.1) is 16.4 Å². The highest BCUT2D eigenvalue weighted by molar-refractivity contribution is 6.33. The number of carbonyl (C=O) groups is 1. The minimum absolute atomic E-state index is 0.223. The van der Waals surface area contributed by atoms with Crippen LogP contribution in [-0.4, -0.2) is 15.3 Å². The van der Waals surface area contributed by atoms with Crippen LogP contribution in [0, 0.1) is 13.8 Å². The Hall–Kier alpha value is -2.33. The highest BCUT2D eigenvalue weighted by atomic mass is 35.5. The molecule has 0 bridgehead atoms. The first-order valence-electron chi connectivity index (χ1n) is 6.57. The van der Waals surface area contributed by atoms with Gasteiger partial charge in [0.1, 0.15) is 11.3 Å². The van der Waals surface area contributed by atoms with Gasteiger partial charge in [-0.3, -0.25) is 9.20 Å². The summed E-state index contributed by atoms with van der Waals surface area (Å²) >= 11 is 6.08. The molecule has 3 rings (SSSR count). The fourth-order valence-electron chi connectivity index (χ4n) is 2.29. The predicted molar refractivity (Wildman–Crippen MR) is 84.1 cm³/mol. The van der Waals surface area contributed by atoms with Crippen LogP contribution in [0.1, 0.15) is 21.7 Å². The number of anilines is 1. The molecule has 106 valence electrons. The maximum Gasteiger partial charge on any atom is 0.274 e. The molecule has 0 unspecified atom stereocenters. The van der Waals surface area contributed by atoms with E-state index in [-0.39, 0.29) is 5.91 Å². The topological polar surface area (TPSA) is 46.4 Å². The molecular formula is C16H14ClN3O. The van der Waals surface area contributed by atoms with Crippen molar-refractivity contribution in [1.82, 2.24) is 9.38 Å². The van der Waals surface area contributed by atoms with Crippen molar-refractivity contribution in [1.29, 1.82) is 0 Å². The molecule has 0 radical (unpaired) electrons. The first-order chi connectivity index (χ1) is 10.1. The molecule has 2 heterocycles. The van der Waals surface area contributed by atoms with Crippen molar-refractivity contribution in [3.8, 4) is 0 Å². The molecule has 1 aromatic carbocycles. The fourth-order valence-corrected chi connectivity index (χ4v) is 2.47. The zero-order valence-electron chi connectivity index (χ0n) is 11.7. The molecule has 0 aliphatic carbocycles. The van der Waals surface area contributed by atoms with Crippen LogP contribution in [0.3, 0.4) is 0 Å². The third kappa shape index (κ3) is 2.50. The molecule has 0 aliphatic rings. The number of imidazole rings is 1. The average Bonchev–Trinajstić information content (AvgIpc) is 2.76. The summed E-state index contributed by atoms with van der Waals surface area (Å²) in [5, 5.41) is 3.34. The smallest absolute Gasteiger partial charge is 0.274 e. The Morgan fingerprint density at radius 2 is 1.95 bits per heavy atom. The normalized spacial score (nSPS) is 10.8. The number of rotatable bonds is 2. The number of halogens is 1. The second-order valence-corrected chi connectivity index (χ2v) is 5.32. The largest absolute Gasteiger partial charge is 0.319 e. The molecule has 2 aromatic heterocycles. The molecule has 1 N–H and O–H groups in total. The number of hydrogen-bond acceptors (Lipinski definition) is 2. The number of nitrogens with one attached hydrogen (secondary N) is 1. The summed E-state index contributed by atoms with van der Waals surface area (Å²) in [7, 11) is 0. The van der Waals surface area contributed by atoms with Crippen LogP contribution in [0.25, 0.3) is 5.65 Å². The van der Waals surface area contributed by atoms with Gasteiger partial charge in [-0.15, -0.1) is 0 Å². The van der Waals surface area contributed by atoms with E-state index < -0.39 is 0 Å². The van der Waals surface area contributed by atoms with Crippen molar-refractivity contribution in [2.45, 2.75) is 13.8 Å². The maximum absolute atomic E-state index is 12.5. The molecule has 0 aliphatic heterocycles. The Labute approximate surface area is 127 Å². The highest BCUT2D eigenvalue weighted by Crippen LogP contribution is 2.22. The zero-order chi connectivity index (χ0) is 15.0. The highest BCUT2D eigenvalue weighted by Gasteiger charge is 2.17. The molecular weight excluding hydrogens is 286 g/mol. The van der Waals surface area contributed by atoms with E-state index in [1.165, 1.54) is 0 Å². The third-order valence-electron chi connectivity index (χ3n) is 3.28. The summed E-state index contributed by atoms with van der Waals surface area (Å²) in [5.74, 6) is -0.223. The summed E-state index contributed by atoms with van der Waals surface area (Å²) in [6, 6.07) is 11.0. The minimum Gasteiger partial charge on any atom is -0.319 e. The molecule has 0 atom stereocenters. The lowest BCUT2D eigenvalue weighted by Crippen LogP contribution is -2.16. The van der Waals surface area contributed by atoms with Gasteiger partial charge >= 0.3 is 0 Å².